The molecule has 1 aromatic rings. The summed E-state index contributed by atoms with van der Waals surface area (Å²) in [4.78, 5) is 0. The van der Waals surface area contributed by atoms with Gasteiger partial charge < -0.3 is 5.32 Å². The van der Waals surface area contributed by atoms with Gasteiger partial charge in [-0.1, -0.05) is 44.9 Å². The Labute approximate surface area is 121 Å². The van der Waals surface area contributed by atoms with Gasteiger partial charge in [0.15, 0.2) is 0 Å². The van der Waals surface area contributed by atoms with E-state index < -0.39 is 0 Å². The number of halogens is 2. The number of benzene rings is 1. The summed E-state index contributed by atoms with van der Waals surface area (Å²) in [5.41, 5.74) is 1.31. The molecule has 3 heteroatoms. The Morgan fingerprint density at radius 1 is 1.41 bits per heavy atom. The zero-order valence-electron chi connectivity index (χ0n) is 10.2. The first-order valence-electron chi connectivity index (χ1n) is 5.98. The highest BCUT2D eigenvalue weighted by atomic mass is 79.9. The van der Waals surface area contributed by atoms with Crippen molar-refractivity contribution in [3.8, 4) is 0 Å². The van der Waals surface area contributed by atoms with E-state index in [0.717, 1.165) is 30.3 Å². The first kappa shape index (κ1) is 14.9. The van der Waals surface area contributed by atoms with Gasteiger partial charge in [0.1, 0.15) is 0 Å². The molecule has 1 N–H and O–H groups in total. The minimum absolute atomic E-state index is 0.389. The highest BCUT2D eigenvalue weighted by Gasteiger charge is 2.13. The molecule has 0 spiro atoms. The lowest BCUT2D eigenvalue weighted by Gasteiger charge is -2.20. The maximum absolute atomic E-state index is 3.80. The van der Waals surface area contributed by atoms with Gasteiger partial charge in [0.2, 0.25) is 0 Å². The molecule has 0 aliphatic rings. The van der Waals surface area contributed by atoms with Crippen LogP contribution in [0.5, 0.6) is 0 Å². The second kappa shape index (κ2) is 8.06. The maximum atomic E-state index is 3.80. The van der Waals surface area contributed by atoms with Crippen LogP contribution in [0.4, 0.5) is 0 Å². The number of hydrogen-bond acceptors (Lipinski definition) is 1. The van der Waals surface area contributed by atoms with Crippen LogP contribution in [-0.2, 0) is 0 Å². The smallest absolute Gasteiger partial charge is 0.0334 e. The fourth-order valence-electron chi connectivity index (χ4n) is 1.75. The van der Waals surface area contributed by atoms with Gasteiger partial charge in [-0.05, 0) is 49.6 Å². The van der Waals surface area contributed by atoms with Crippen LogP contribution in [0.15, 0.2) is 39.8 Å². The lowest BCUT2D eigenvalue weighted by atomic mass is 10.0. The molecular weight excluding hydrogens is 342 g/mol. The first-order valence-corrected chi connectivity index (χ1v) is 7.56. The third-order valence-electron chi connectivity index (χ3n) is 2.63. The lowest BCUT2D eigenvalue weighted by Crippen LogP contribution is -2.22. The summed E-state index contributed by atoms with van der Waals surface area (Å²) < 4.78 is 2.29. The zero-order chi connectivity index (χ0) is 12.7. The van der Waals surface area contributed by atoms with Crippen molar-refractivity contribution in [2.45, 2.75) is 32.2 Å². The summed E-state index contributed by atoms with van der Waals surface area (Å²) in [6.45, 7) is 7.03. The molecule has 0 fully saturated rings. The highest BCUT2D eigenvalue weighted by Crippen LogP contribution is 2.29. The first-order chi connectivity index (χ1) is 8.19. The maximum Gasteiger partial charge on any atom is 0.0334 e. The van der Waals surface area contributed by atoms with Crippen LogP contribution in [0.1, 0.15) is 37.8 Å². The minimum Gasteiger partial charge on any atom is -0.310 e. The van der Waals surface area contributed by atoms with E-state index in [4.69, 9.17) is 0 Å². The van der Waals surface area contributed by atoms with Crippen molar-refractivity contribution in [2.75, 3.05) is 6.54 Å². The molecule has 0 aromatic heterocycles. The van der Waals surface area contributed by atoms with Crippen LogP contribution < -0.4 is 5.32 Å². The molecule has 94 valence electrons. The summed E-state index contributed by atoms with van der Waals surface area (Å²) in [6, 6.07) is 6.71. The average molecular weight is 361 g/mol. The Kier molecular flexibility index (Phi) is 7.09. The van der Waals surface area contributed by atoms with Crippen molar-refractivity contribution in [3.05, 3.63) is 45.4 Å². The summed E-state index contributed by atoms with van der Waals surface area (Å²) >= 11 is 7.16. The molecular formula is C14H19Br2N. The van der Waals surface area contributed by atoms with E-state index in [0.29, 0.717) is 6.04 Å². The molecule has 0 heterocycles. The molecule has 1 atom stereocenters. The van der Waals surface area contributed by atoms with Crippen LogP contribution >= 0.6 is 31.9 Å². The molecule has 0 bridgehead atoms. The predicted octanol–water partition coefficient (Wildman–Crippen LogP) is 5.22. The second-order valence-corrected chi connectivity index (χ2v) is 5.81. The molecule has 0 aliphatic carbocycles. The largest absolute Gasteiger partial charge is 0.310 e. The molecule has 0 saturated carbocycles. The zero-order valence-corrected chi connectivity index (χ0v) is 13.4. The molecule has 0 radical (unpaired) electrons. The number of allylic oxidation sites excluding steroid dienone is 1. The molecule has 1 unspecified atom stereocenters. The van der Waals surface area contributed by atoms with Gasteiger partial charge in [0, 0.05) is 15.0 Å². The lowest BCUT2D eigenvalue weighted by molar-refractivity contribution is 0.501. The summed E-state index contributed by atoms with van der Waals surface area (Å²) in [5, 5.41) is 3.59. The van der Waals surface area contributed by atoms with E-state index in [-0.39, 0.29) is 0 Å². The van der Waals surface area contributed by atoms with Crippen LogP contribution in [0, 0.1) is 0 Å². The van der Waals surface area contributed by atoms with Crippen molar-refractivity contribution in [3.63, 3.8) is 0 Å². The van der Waals surface area contributed by atoms with E-state index in [1.165, 1.54) is 10.0 Å². The quantitative estimate of drug-likeness (QED) is 0.657. The van der Waals surface area contributed by atoms with E-state index in [9.17, 15) is 0 Å². The Morgan fingerprint density at radius 2 is 2.18 bits per heavy atom. The van der Waals surface area contributed by atoms with Crippen LogP contribution in [-0.4, -0.2) is 6.54 Å². The van der Waals surface area contributed by atoms with Gasteiger partial charge in [-0.15, -0.1) is 6.58 Å². The molecule has 1 rings (SSSR count). The van der Waals surface area contributed by atoms with Gasteiger partial charge in [0.25, 0.3) is 0 Å². The SMILES string of the molecule is C=CCCC(NCCC)c1cc(Br)ccc1Br. The fourth-order valence-corrected chi connectivity index (χ4v) is 2.65. The minimum atomic E-state index is 0.389. The molecule has 1 aromatic carbocycles. The van der Waals surface area contributed by atoms with E-state index in [1.807, 2.05) is 6.08 Å². The van der Waals surface area contributed by atoms with Crippen molar-refractivity contribution in [1.29, 1.82) is 0 Å². The monoisotopic (exact) mass is 359 g/mol. The standard InChI is InChI=1S/C14H19Br2N/c1-3-5-6-14(17-9-4-2)12-10-11(15)7-8-13(12)16/h3,7-8,10,14,17H,1,4-6,9H2,2H3. The van der Waals surface area contributed by atoms with Crippen LogP contribution in [0.3, 0.4) is 0 Å². The van der Waals surface area contributed by atoms with E-state index in [1.54, 1.807) is 0 Å². The van der Waals surface area contributed by atoms with Gasteiger partial charge in [0.05, 0.1) is 0 Å². The predicted molar refractivity (Wildman–Crippen MR) is 82.3 cm³/mol. The molecule has 0 aliphatic heterocycles. The van der Waals surface area contributed by atoms with Crippen molar-refractivity contribution in [1.82, 2.24) is 5.32 Å². The van der Waals surface area contributed by atoms with E-state index in [2.05, 4.69) is 68.9 Å². The Hall–Kier alpha value is -0.120. The summed E-state index contributed by atoms with van der Waals surface area (Å²) in [6.07, 6.45) is 5.24. The number of rotatable bonds is 7. The Bertz CT molecular complexity index is 363. The van der Waals surface area contributed by atoms with Crippen molar-refractivity contribution in [2.24, 2.45) is 0 Å². The third kappa shape index (κ3) is 4.94. The topological polar surface area (TPSA) is 12.0 Å². The third-order valence-corrected chi connectivity index (χ3v) is 3.85. The fraction of sp³-hybridized carbons (Fsp3) is 0.429. The van der Waals surface area contributed by atoms with Gasteiger partial charge >= 0.3 is 0 Å². The Balaban J connectivity index is 2.85. The van der Waals surface area contributed by atoms with Crippen molar-refractivity contribution < 1.29 is 0 Å². The highest BCUT2D eigenvalue weighted by molar-refractivity contribution is 9.11. The van der Waals surface area contributed by atoms with Gasteiger partial charge in [-0.2, -0.15) is 0 Å². The Morgan fingerprint density at radius 3 is 2.82 bits per heavy atom. The number of hydrogen-bond donors (Lipinski definition) is 1. The van der Waals surface area contributed by atoms with Crippen LogP contribution in [0.25, 0.3) is 0 Å². The van der Waals surface area contributed by atoms with Gasteiger partial charge in [-0.25, -0.2) is 0 Å². The molecule has 0 amide bonds. The normalized spacial score (nSPS) is 12.4. The van der Waals surface area contributed by atoms with Crippen molar-refractivity contribution >= 4 is 31.9 Å². The molecule has 0 saturated heterocycles. The van der Waals surface area contributed by atoms with Crippen LogP contribution in [0.2, 0.25) is 0 Å². The molecule has 17 heavy (non-hydrogen) atoms. The molecule has 1 nitrogen and oxygen atoms in total. The van der Waals surface area contributed by atoms with E-state index >= 15 is 0 Å². The number of nitrogens with one attached hydrogen (secondary N) is 1. The van der Waals surface area contributed by atoms with Gasteiger partial charge in [-0.3, -0.25) is 0 Å². The summed E-state index contributed by atoms with van der Waals surface area (Å²) in [5.74, 6) is 0. The summed E-state index contributed by atoms with van der Waals surface area (Å²) in [7, 11) is 0. The average Bonchev–Trinajstić information content (AvgIpc) is 2.33. The second-order valence-electron chi connectivity index (χ2n) is 4.04.